The summed E-state index contributed by atoms with van der Waals surface area (Å²) in [6.07, 6.45) is 3.75. The minimum absolute atomic E-state index is 0.0691. The zero-order valence-electron chi connectivity index (χ0n) is 11.6. The molecular formula is C16H19N3O. The van der Waals surface area contributed by atoms with Gasteiger partial charge in [0.2, 0.25) is 5.91 Å². The van der Waals surface area contributed by atoms with Crippen LogP contribution in [0, 0.1) is 0 Å². The maximum Gasteiger partial charge on any atom is 0.231 e. The Hall–Kier alpha value is -2.20. The Morgan fingerprint density at radius 3 is 2.40 bits per heavy atom. The van der Waals surface area contributed by atoms with Gasteiger partial charge >= 0.3 is 0 Å². The zero-order valence-corrected chi connectivity index (χ0v) is 11.6. The number of hydrogen-bond acceptors (Lipinski definition) is 3. The number of aromatic nitrogens is 1. The van der Waals surface area contributed by atoms with Crippen molar-refractivity contribution in [1.29, 1.82) is 0 Å². The number of benzene rings is 1. The van der Waals surface area contributed by atoms with E-state index in [1.165, 1.54) is 0 Å². The third-order valence-electron chi connectivity index (χ3n) is 3.27. The van der Waals surface area contributed by atoms with Crippen LogP contribution in [-0.4, -0.2) is 17.4 Å². The van der Waals surface area contributed by atoms with Crippen LogP contribution in [0.2, 0.25) is 0 Å². The summed E-state index contributed by atoms with van der Waals surface area (Å²) in [5, 5.41) is 0. The SMILES string of the molecule is CCN(C(=O)Cc1ccccc1CN)c1ccncc1. The number of pyridine rings is 1. The van der Waals surface area contributed by atoms with Crippen LogP contribution in [0.15, 0.2) is 48.8 Å². The average Bonchev–Trinajstić information content (AvgIpc) is 2.49. The van der Waals surface area contributed by atoms with Gasteiger partial charge in [0, 0.05) is 31.2 Å². The normalized spacial score (nSPS) is 10.3. The Morgan fingerprint density at radius 1 is 1.15 bits per heavy atom. The lowest BCUT2D eigenvalue weighted by Crippen LogP contribution is -2.32. The molecule has 0 atom stereocenters. The number of amides is 1. The molecule has 4 nitrogen and oxygen atoms in total. The summed E-state index contributed by atoms with van der Waals surface area (Å²) in [5.74, 6) is 0.0691. The van der Waals surface area contributed by atoms with Gasteiger partial charge in [0.1, 0.15) is 0 Å². The van der Waals surface area contributed by atoms with Crippen molar-refractivity contribution >= 4 is 11.6 Å². The lowest BCUT2D eigenvalue weighted by Gasteiger charge is -2.21. The van der Waals surface area contributed by atoms with Crippen molar-refractivity contribution < 1.29 is 4.79 Å². The van der Waals surface area contributed by atoms with E-state index >= 15 is 0 Å². The molecular weight excluding hydrogens is 250 g/mol. The number of nitrogens with two attached hydrogens (primary N) is 1. The second kappa shape index (κ2) is 6.82. The van der Waals surface area contributed by atoms with E-state index in [0.29, 0.717) is 19.5 Å². The van der Waals surface area contributed by atoms with E-state index in [1.807, 2.05) is 43.3 Å². The Balaban J connectivity index is 2.18. The second-order valence-electron chi connectivity index (χ2n) is 4.49. The molecule has 2 rings (SSSR count). The quantitative estimate of drug-likeness (QED) is 0.904. The number of nitrogens with zero attached hydrogens (tertiary/aromatic N) is 2. The number of hydrogen-bond donors (Lipinski definition) is 1. The Kier molecular flexibility index (Phi) is 4.85. The highest BCUT2D eigenvalue weighted by Crippen LogP contribution is 2.15. The summed E-state index contributed by atoms with van der Waals surface area (Å²) in [6, 6.07) is 11.5. The molecule has 0 aliphatic heterocycles. The van der Waals surface area contributed by atoms with E-state index in [9.17, 15) is 4.79 Å². The van der Waals surface area contributed by atoms with Gasteiger partial charge in [0.05, 0.1) is 6.42 Å². The highest BCUT2D eigenvalue weighted by atomic mass is 16.2. The molecule has 0 saturated carbocycles. The monoisotopic (exact) mass is 269 g/mol. The fourth-order valence-corrected chi connectivity index (χ4v) is 2.21. The zero-order chi connectivity index (χ0) is 14.4. The average molecular weight is 269 g/mol. The third kappa shape index (κ3) is 3.22. The summed E-state index contributed by atoms with van der Waals surface area (Å²) in [4.78, 5) is 18.2. The molecule has 4 heteroatoms. The fourth-order valence-electron chi connectivity index (χ4n) is 2.21. The number of anilines is 1. The molecule has 1 aromatic carbocycles. The summed E-state index contributed by atoms with van der Waals surface area (Å²) < 4.78 is 0. The predicted molar refractivity (Wildman–Crippen MR) is 80.3 cm³/mol. The molecule has 0 aliphatic carbocycles. The van der Waals surface area contributed by atoms with Crippen molar-refractivity contribution in [2.75, 3.05) is 11.4 Å². The minimum atomic E-state index is 0.0691. The molecule has 2 N–H and O–H groups in total. The summed E-state index contributed by atoms with van der Waals surface area (Å²) in [7, 11) is 0. The molecule has 1 amide bonds. The summed E-state index contributed by atoms with van der Waals surface area (Å²) in [5.41, 5.74) is 8.60. The lowest BCUT2D eigenvalue weighted by atomic mass is 10.0. The fraction of sp³-hybridized carbons (Fsp3) is 0.250. The Labute approximate surface area is 119 Å². The number of likely N-dealkylation sites (N-methyl/N-ethyl adjacent to an activating group) is 1. The first kappa shape index (κ1) is 14.2. The molecule has 0 spiro atoms. The van der Waals surface area contributed by atoms with E-state index in [2.05, 4.69) is 4.98 Å². The molecule has 0 unspecified atom stereocenters. The second-order valence-corrected chi connectivity index (χ2v) is 4.49. The topological polar surface area (TPSA) is 59.2 Å². The first-order chi connectivity index (χ1) is 9.76. The molecule has 0 aliphatic rings. The first-order valence-corrected chi connectivity index (χ1v) is 6.73. The molecule has 0 fully saturated rings. The van der Waals surface area contributed by atoms with Gasteiger partial charge in [-0.25, -0.2) is 0 Å². The van der Waals surface area contributed by atoms with Crippen molar-refractivity contribution in [3.8, 4) is 0 Å². The summed E-state index contributed by atoms with van der Waals surface area (Å²) >= 11 is 0. The molecule has 0 bridgehead atoms. The van der Waals surface area contributed by atoms with Crippen molar-refractivity contribution in [1.82, 2.24) is 4.98 Å². The van der Waals surface area contributed by atoms with Crippen LogP contribution < -0.4 is 10.6 Å². The van der Waals surface area contributed by atoms with Crippen molar-refractivity contribution in [2.24, 2.45) is 5.73 Å². The smallest absolute Gasteiger partial charge is 0.231 e. The number of carbonyl (C=O) groups is 1. The van der Waals surface area contributed by atoms with Crippen LogP contribution in [-0.2, 0) is 17.8 Å². The van der Waals surface area contributed by atoms with E-state index in [1.54, 1.807) is 17.3 Å². The van der Waals surface area contributed by atoms with Gasteiger partial charge in [-0.1, -0.05) is 24.3 Å². The molecule has 0 saturated heterocycles. The van der Waals surface area contributed by atoms with E-state index in [4.69, 9.17) is 5.73 Å². The van der Waals surface area contributed by atoms with Gasteiger partial charge in [-0.3, -0.25) is 9.78 Å². The van der Waals surface area contributed by atoms with Gasteiger partial charge < -0.3 is 10.6 Å². The van der Waals surface area contributed by atoms with Crippen LogP contribution in [0.4, 0.5) is 5.69 Å². The van der Waals surface area contributed by atoms with E-state index < -0.39 is 0 Å². The molecule has 20 heavy (non-hydrogen) atoms. The minimum Gasteiger partial charge on any atom is -0.326 e. The van der Waals surface area contributed by atoms with Crippen LogP contribution in [0.25, 0.3) is 0 Å². The molecule has 0 radical (unpaired) electrons. The largest absolute Gasteiger partial charge is 0.326 e. The van der Waals surface area contributed by atoms with Gasteiger partial charge in [-0.05, 0) is 30.2 Å². The van der Waals surface area contributed by atoms with Gasteiger partial charge in [0.15, 0.2) is 0 Å². The van der Waals surface area contributed by atoms with Crippen molar-refractivity contribution in [3.63, 3.8) is 0 Å². The van der Waals surface area contributed by atoms with Crippen LogP contribution >= 0.6 is 0 Å². The number of rotatable bonds is 5. The number of carbonyl (C=O) groups excluding carboxylic acids is 1. The van der Waals surface area contributed by atoms with E-state index in [-0.39, 0.29) is 5.91 Å². The van der Waals surface area contributed by atoms with Crippen molar-refractivity contribution in [3.05, 3.63) is 59.9 Å². The molecule has 1 heterocycles. The van der Waals surface area contributed by atoms with Crippen molar-refractivity contribution in [2.45, 2.75) is 19.9 Å². The molecule has 104 valence electrons. The highest BCUT2D eigenvalue weighted by molar-refractivity contribution is 5.94. The maximum absolute atomic E-state index is 12.5. The first-order valence-electron chi connectivity index (χ1n) is 6.73. The van der Waals surface area contributed by atoms with Crippen LogP contribution in [0.3, 0.4) is 0 Å². The van der Waals surface area contributed by atoms with Gasteiger partial charge in [-0.2, -0.15) is 0 Å². The summed E-state index contributed by atoms with van der Waals surface area (Å²) in [6.45, 7) is 3.05. The molecule has 2 aromatic rings. The maximum atomic E-state index is 12.5. The van der Waals surface area contributed by atoms with E-state index in [0.717, 1.165) is 16.8 Å². The Morgan fingerprint density at radius 2 is 1.80 bits per heavy atom. The predicted octanol–water partition coefficient (Wildman–Crippen LogP) is 2.14. The standard InChI is InChI=1S/C16H19N3O/c1-2-19(15-7-9-18-10-8-15)16(20)11-13-5-3-4-6-14(13)12-17/h3-10H,2,11-12,17H2,1H3. The molecule has 1 aromatic heterocycles. The lowest BCUT2D eigenvalue weighted by molar-refractivity contribution is -0.117. The van der Waals surface area contributed by atoms with Crippen LogP contribution in [0.5, 0.6) is 0 Å². The third-order valence-corrected chi connectivity index (χ3v) is 3.27. The van der Waals surface area contributed by atoms with Gasteiger partial charge in [-0.15, -0.1) is 0 Å². The Bertz CT molecular complexity index is 569. The van der Waals surface area contributed by atoms with Crippen LogP contribution in [0.1, 0.15) is 18.1 Å². The highest BCUT2D eigenvalue weighted by Gasteiger charge is 2.15. The van der Waals surface area contributed by atoms with Gasteiger partial charge in [0.25, 0.3) is 0 Å².